The number of nitrogens with zero attached hydrogens (tertiary/aromatic N) is 1. The van der Waals surface area contributed by atoms with Crippen LogP contribution in [0.15, 0.2) is 97.1 Å². The lowest BCUT2D eigenvalue weighted by Gasteiger charge is -2.12. The second-order valence-corrected chi connectivity index (χ2v) is 7.73. The Balaban J connectivity index is 1.65. The predicted molar refractivity (Wildman–Crippen MR) is 121 cm³/mol. The van der Waals surface area contributed by atoms with Gasteiger partial charge in [0, 0.05) is 16.7 Å². The van der Waals surface area contributed by atoms with Gasteiger partial charge in [-0.05, 0) is 46.2 Å². The first-order valence-corrected chi connectivity index (χ1v) is 10.1. The van der Waals surface area contributed by atoms with Crippen molar-refractivity contribution in [1.29, 1.82) is 0 Å². The molecule has 0 fully saturated rings. The summed E-state index contributed by atoms with van der Waals surface area (Å²) in [4.78, 5) is 18.2. The summed E-state index contributed by atoms with van der Waals surface area (Å²) in [6.07, 6.45) is 0. The van der Waals surface area contributed by atoms with E-state index in [1.165, 1.54) is 12.1 Å². The van der Waals surface area contributed by atoms with Gasteiger partial charge in [0.2, 0.25) is 0 Å². The Hall–Kier alpha value is -4.11. The fourth-order valence-electron chi connectivity index (χ4n) is 4.37. The number of ketones is 1. The van der Waals surface area contributed by atoms with Gasteiger partial charge in [0.05, 0.1) is 17.0 Å². The smallest absolute Gasteiger partial charge is 0.196 e. The lowest BCUT2D eigenvalue weighted by atomic mass is 9.95. The molecule has 0 saturated carbocycles. The number of carbonyl (C=O) groups excluding carboxylic acids is 1. The summed E-state index contributed by atoms with van der Waals surface area (Å²) in [7, 11) is 0. The van der Waals surface area contributed by atoms with Gasteiger partial charge in [-0.1, -0.05) is 72.8 Å². The van der Waals surface area contributed by atoms with Crippen LogP contribution in [0.2, 0.25) is 0 Å². The van der Waals surface area contributed by atoms with E-state index in [1.807, 2.05) is 54.6 Å². The monoisotopic (exact) mass is 401 g/mol. The standard InChI is InChI=1S/C28H16FNO/c29-21-9-5-8-19(15-21)24-16-25(20-13-12-17-6-1-2-7-18(17)14-20)30-27-22-10-3-4-11-23(22)28(31)26(24)27/h1-16H. The highest BCUT2D eigenvalue weighted by Gasteiger charge is 2.31. The topological polar surface area (TPSA) is 30.0 Å². The molecule has 0 amide bonds. The van der Waals surface area contributed by atoms with Gasteiger partial charge in [-0.3, -0.25) is 4.79 Å². The molecule has 0 atom stereocenters. The molecule has 146 valence electrons. The summed E-state index contributed by atoms with van der Waals surface area (Å²) in [5, 5.41) is 2.27. The van der Waals surface area contributed by atoms with Gasteiger partial charge in [-0.15, -0.1) is 0 Å². The molecule has 2 nitrogen and oxygen atoms in total. The van der Waals surface area contributed by atoms with Gasteiger partial charge in [0.15, 0.2) is 5.78 Å². The molecule has 4 aromatic carbocycles. The molecule has 0 radical (unpaired) electrons. The molecule has 6 rings (SSSR count). The van der Waals surface area contributed by atoms with Crippen molar-refractivity contribution in [2.24, 2.45) is 0 Å². The second-order valence-electron chi connectivity index (χ2n) is 7.73. The fraction of sp³-hybridized carbons (Fsp3) is 0. The third-order valence-electron chi connectivity index (χ3n) is 5.85. The first-order chi connectivity index (χ1) is 15.2. The van der Waals surface area contributed by atoms with E-state index in [0.717, 1.165) is 27.6 Å². The van der Waals surface area contributed by atoms with Gasteiger partial charge in [-0.2, -0.15) is 0 Å². The van der Waals surface area contributed by atoms with Gasteiger partial charge < -0.3 is 0 Å². The summed E-state index contributed by atoms with van der Waals surface area (Å²) < 4.78 is 14.1. The molecule has 0 N–H and O–H groups in total. The number of aromatic nitrogens is 1. The molecular weight excluding hydrogens is 385 g/mol. The Bertz CT molecular complexity index is 1520. The lowest BCUT2D eigenvalue weighted by Crippen LogP contribution is -2.00. The summed E-state index contributed by atoms with van der Waals surface area (Å²) >= 11 is 0. The van der Waals surface area contributed by atoms with Crippen LogP contribution in [0.3, 0.4) is 0 Å². The number of pyridine rings is 1. The molecule has 31 heavy (non-hydrogen) atoms. The van der Waals surface area contributed by atoms with Crippen LogP contribution in [-0.4, -0.2) is 10.8 Å². The summed E-state index contributed by atoms with van der Waals surface area (Å²) in [6.45, 7) is 0. The van der Waals surface area contributed by atoms with E-state index in [9.17, 15) is 9.18 Å². The predicted octanol–water partition coefficient (Wildman–Crippen LogP) is 6.92. The van der Waals surface area contributed by atoms with Crippen molar-refractivity contribution in [1.82, 2.24) is 4.98 Å². The first kappa shape index (κ1) is 17.7. The van der Waals surface area contributed by atoms with Crippen LogP contribution in [0.25, 0.3) is 44.4 Å². The molecule has 1 aliphatic carbocycles. The third-order valence-corrected chi connectivity index (χ3v) is 5.85. The van der Waals surface area contributed by atoms with Gasteiger partial charge >= 0.3 is 0 Å². The zero-order valence-corrected chi connectivity index (χ0v) is 16.5. The zero-order valence-electron chi connectivity index (χ0n) is 16.5. The highest BCUT2D eigenvalue weighted by Crippen LogP contribution is 2.42. The van der Waals surface area contributed by atoms with E-state index in [4.69, 9.17) is 4.98 Å². The molecule has 1 heterocycles. The number of hydrogen-bond acceptors (Lipinski definition) is 2. The van der Waals surface area contributed by atoms with Crippen molar-refractivity contribution < 1.29 is 9.18 Å². The average molecular weight is 401 g/mol. The zero-order chi connectivity index (χ0) is 20.9. The van der Waals surface area contributed by atoms with Crippen LogP contribution in [0.1, 0.15) is 15.9 Å². The summed E-state index contributed by atoms with van der Waals surface area (Å²) in [5.41, 5.74) is 5.74. The molecule has 0 saturated heterocycles. The lowest BCUT2D eigenvalue weighted by molar-refractivity contribution is 0.104. The van der Waals surface area contributed by atoms with Gasteiger partial charge in [0.1, 0.15) is 5.82 Å². The van der Waals surface area contributed by atoms with Crippen molar-refractivity contribution in [2.45, 2.75) is 0 Å². The van der Waals surface area contributed by atoms with E-state index in [1.54, 1.807) is 6.07 Å². The van der Waals surface area contributed by atoms with E-state index in [2.05, 4.69) is 24.3 Å². The number of rotatable bonds is 2. The maximum atomic E-state index is 14.1. The van der Waals surface area contributed by atoms with Crippen molar-refractivity contribution in [2.75, 3.05) is 0 Å². The Morgan fingerprint density at radius 1 is 0.613 bits per heavy atom. The van der Waals surface area contributed by atoms with E-state index < -0.39 is 0 Å². The molecular formula is C28H16FNO. The molecule has 3 heteroatoms. The van der Waals surface area contributed by atoms with Crippen LogP contribution in [-0.2, 0) is 0 Å². The minimum absolute atomic E-state index is 0.0672. The van der Waals surface area contributed by atoms with E-state index >= 15 is 0 Å². The van der Waals surface area contributed by atoms with Crippen molar-refractivity contribution in [3.63, 3.8) is 0 Å². The maximum Gasteiger partial charge on any atom is 0.196 e. The number of hydrogen-bond donors (Lipinski definition) is 0. The Labute approximate surface area is 178 Å². The first-order valence-electron chi connectivity index (χ1n) is 10.1. The SMILES string of the molecule is O=C1c2ccccc2-c2nc(-c3ccc4ccccc4c3)cc(-c3cccc(F)c3)c21. The Morgan fingerprint density at radius 2 is 1.39 bits per heavy atom. The molecule has 1 aliphatic rings. The second kappa shape index (κ2) is 6.71. The van der Waals surface area contributed by atoms with Crippen molar-refractivity contribution in [3.05, 3.63) is 114 Å². The third kappa shape index (κ3) is 2.78. The van der Waals surface area contributed by atoms with Gasteiger partial charge in [0.25, 0.3) is 0 Å². The van der Waals surface area contributed by atoms with Crippen LogP contribution < -0.4 is 0 Å². The summed E-state index contributed by atoms with van der Waals surface area (Å²) in [5.74, 6) is -0.402. The molecule has 0 spiro atoms. The molecule has 0 bridgehead atoms. The molecule has 5 aromatic rings. The molecule has 1 aromatic heterocycles. The summed E-state index contributed by atoms with van der Waals surface area (Å²) in [6, 6.07) is 30.2. The van der Waals surface area contributed by atoms with Gasteiger partial charge in [-0.25, -0.2) is 9.37 Å². The van der Waals surface area contributed by atoms with Crippen molar-refractivity contribution >= 4 is 16.6 Å². The van der Waals surface area contributed by atoms with Crippen LogP contribution in [0.4, 0.5) is 4.39 Å². The average Bonchev–Trinajstić information content (AvgIpc) is 3.10. The minimum atomic E-state index is -0.335. The molecule has 0 aliphatic heterocycles. The normalized spacial score (nSPS) is 12.1. The number of fused-ring (bicyclic) bond motifs is 4. The number of benzene rings is 4. The Kier molecular flexibility index (Phi) is 3.84. The van der Waals surface area contributed by atoms with E-state index in [-0.39, 0.29) is 11.6 Å². The van der Waals surface area contributed by atoms with Crippen LogP contribution in [0, 0.1) is 5.82 Å². The largest absolute Gasteiger partial charge is 0.288 e. The Morgan fingerprint density at radius 3 is 2.23 bits per heavy atom. The fourth-order valence-corrected chi connectivity index (χ4v) is 4.37. The van der Waals surface area contributed by atoms with E-state index in [0.29, 0.717) is 27.9 Å². The highest BCUT2D eigenvalue weighted by molar-refractivity contribution is 6.24. The van der Waals surface area contributed by atoms with Crippen molar-refractivity contribution in [3.8, 4) is 33.6 Å². The highest BCUT2D eigenvalue weighted by atomic mass is 19.1. The number of carbonyl (C=O) groups is 1. The maximum absolute atomic E-state index is 14.1. The van der Waals surface area contributed by atoms with Crippen LogP contribution >= 0.6 is 0 Å². The quantitative estimate of drug-likeness (QED) is 0.315. The van der Waals surface area contributed by atoms with Crippen LogP contribution in [0.5, 0.6) is 0 Å². The minimum Gasteiger partial charge on any atom is -0.288 e. The number of halogens is 1. The molecule has 0 unspecified atom stereocenters.